The largest absolute Gasteiger partial charge is 0.394 e. The van der Waals surface area contributed by atoms with Crippen molar-refractivity contribution in [2.45, 2.75) is 31.5 Å². The lowest BCUT2D eigenvalue weighted by molar-refractivity contribution is -0.280. The normalized spacial score (nSPS) is 46.4. The molecule has 1 fully saturated rings. The fourth-order valence-corrected chi connectivity index (χ4v) is 1.47. The second-order valence-electron chi connectivity index (χ2n) is 3.30. The highest BCUT2D eigenvalue weighted by Crippen LogP contribution is 2.25. The summed E-state index contributed by atoms with van der Waals surface area (Å²) in [6.07, 6.45) is -3.31. The lowest BCUT2D eigenvalue weighted by Crippen LogP contribution is -2.55. The summed E-state index contributed by atoms with van der Waals surface area (Å²) in [4.78, 5) is 0. The molecule has 78 valence electrons. The van der Waals surface area contributed by atoms with Crippen LogP contribution < -0.4 is 0 Å². The molecule has 0 bridgehead atoms. The summed E-state index contributed by atoms with van der Waals surface area (Å²) in [7, 11) is 1.38. The van der Waals surface area contributed by atoms with Crippen molar-refractivity contribution in [2.24, 2.45) is 5.92 Å². The average Bonchev–Trinajstić information content (AvgIpc) is 2.15. The first-order valence-corrected chi connectivity index (χ1v) is 4.27. The van der Waals surface area contributed by atoms with Crippen molar-refractivity contribution < 1.29 is 24.8 Å². The standard InChI is InChI=1S/C8H16O5/c1-4-5(3-9)13-8(12-2)7(11)6(4)10/h4-11H,3H2,1-2H3. The average molecular weight is 192 g/mol. The van der Waals surface area contributed by atoms with Gasteiger partial charge in [-0.3, -0.25) is 0 Å². The zero-order chi connectivity index (χ0) is 10.0. The van der Waals surface area contributed by atoms with Gasteiger partial charge in [0.1, 0.15) is 6.10 Å². The molecule has 0 radical (unpaired) electrons. The third kappa shape index (κ3) is 2.00. The number of hydrogen-bond donors (Lipinski definition) is 3. The predicted octanol–water partition coefficient (Wildman–Crippen LogP) is -1.29. The minimum atomic E-state index is -1.05. The van der Waals surface area contributed by atoms with E-state index in [0.717, 1.165) is 0 Å². The van der Waals surface area contributed by atoms with E-state index in [2.05, 4.69) is 0 Å². The summed E-state index contributed by atoms with van der Waals surface area (Å²) in [6, 6.07) is 0. The van der Waals surface area contributed by atoms with Crippen molar-refractivity contribution in [3.05, 3.63) is 0 Å². The van der Waals surface area contributed by atoms with Gasteiger partial charge in [-0.05, 0) is 0 Å². The van der Waals surface area contributed by atoms with Crippen LogP contribution >= 0.6 is 0 Å². The fraction of sp³-hybridized carbons (Fsp3) is 1.00. The van der Waals surface area contributed by atoms with Gasteiger partial charge >= 0.3 is 0 Å². The minimum absolute atomic E-state index is 0.190. The van der Waals surface area contributed by atoms with E-state index in [1.54, 1.807) is 6.92 Å². The summed E-state index contributed by atoms with van der Waals surface area (Å²) in [5.74, 6) is -0.300. The Hall–Kier alpha value is -0.200. The van der Waals surface area contributed by atoms with E-state index in [1.807, 2.05) is 0 Å². The van der Waals surface area contributed by atoms with Crippen molar-refractivity contribution in [1.29, 1.82) is 0 Å². The molecule has 1 saturated heterocycles. The van der Waals surface area contributed by atoms with Crippen LogP contribution in [-0.2, 0) is 9.47 Å². The van der Waals surface area contributed by atoms with E-state index in [-0.39, 0.29) is 12.5 Å². The zero-order valence-electron chi connectivity index (χ0n) is 7.75. The minimum Gasteiger partial charge on any atom is -0.394 e. The maximum absolute atomic E-state index is 9.53. The first-order chi connectivity index (χ1) is 6.11. The second-order valence-corrected chi connectivity index (χ2v) is 3.30. The molecule has 0 aliphatic carbocycles. The Morgan fingerprint density at radius 3 is 2.38 bits per heavy atom. The second kappa shape index (κ2) is 4.34. The number of aliphatic hydroxyl groups excluding tert-OH is 3. The summed E-state index contributed by atoms with van der Waals surface area (Å²) in [6.45, 7) is 1.52. The molecule has 1 heterocycles. The monoisotopic (exact) mass is 192 g/mol. The van der Waals surface area contributed by atoms with Crippen molar-refractivity contribution in [3.63, 3.8) is 0 Å². The summed E-state index contributed by atoms with van der Waals surface area (Å²) < 4.78 is 10.0. The van der Waals surface area contributed by atoms with Crippen LogP contribution in [0.1, 0.15) is 6.92 Å². The van der Waals surface area contributed by atoms with E-state index >= 15 is 0 Å². The molecule has 0 amide bonds. The maximum atomic E-state index is 9.53. The molecule has 0 spiro atoms. The third-order valence-corrected chi connectivity index (χ3v) is 2.48. The highest BCUT2D eigenvalue weighted by atomic mass is 16.7. The van der Waals surface area contributed by atoms with Crippen LogP contribution in [0.25, 0.3) is 0 Å². The van der Waals surface area contributed by atoms with E-state index < -0.39 is 24.6 Å². The number of methoxy groups -OCH3 is 1. The topological polar surface area (TPSA) is 79.2 Å². The van der Waals surface area contributed by atoms with Gasteiger partial charge in [-0.15, -0.1) is 0 Å². The lowest BCUT2D eigenvalue weighted by Gasteiger charge is -2.40. The SMILES string of the molecule is COC1OC(CO)C(C)C(O)C1O. The molecule has 3 N–H and O–H groups in total. The van der Waals surface area contributed by atoms with Crippen LogP contribution in [-0.4, -0.2) is 53.6 Å². The van der Waals surface area contributed by atoms with Gasteiger partial charge in [0.25, 0.3) is 0 Å². The van der Waals surface area contributed by atoms with Gasteiger partial charge in [-0.2, -0.15) is 0 Å². The molecule has 5 atom stereocenters. The summed E-state index contributed by atoms with van der Waals surface area (Å²) >= 11 is 0. The molecule has 1 rings (SSSR count). The number of rotatable bonds is 2. The highest BCUT2D eigenvalue weighted by molar-refractivity contribution is 4.86. The smallest absolute Gasteiger partial charge is 0.186 e. The Labute approximate surface area is 76.9 Å². The van der Waals surface area contributed by atoms with Gasteiger partial charge in [0.15, 0.2) is 6.29 Å². The van der Waals surface area contributed by atoms with Crippen molar-refractivity contribution in [3.8, 4) is 0 Å². The molecule has 5 unspecified atom stereocenters. The van der Waals surface area contributed by atoms with Crippen LogP contribution in [0.2, 0.25) is 0 Å². The number of hydrogen-bond acceptors (Lipinski definition) is 5. The molecule has 1 aliphatic rings. The van der Waals surface area contributed by atoms with Crippen molar-refractivity contribution in [2.75, 3.05) is 13.7 Å². The highest BCUT2D eigenvalue weighted by Gasteiger charge is 2.41. The lowest BCUT2D eigenvalue weighted by atomic mass is 9.91. The molecule has 0 aromatic rings. The number of ether oxygens (including phenoxy) is 2. The molecule has 1 aliphatic heterocycles. The van der Waals surface area contributed by atoms with Gasteiger partial charge < -0.3 is 24.8 Å². The van der Waals surface area contributed by atoms with Crippen LogP contribution in [0.3, 0.4) is 0 Å². The van der Waals surface area contributed by atoms with Gasteiger partial charge in [0.2, 0.25) is 0 Å². The first-order valence-electron chi connectivity index (χ1n) is 4.27. The molecule has 0 aromatic heterocycles. The molecule has 13 heavy (non-hydrogen) atoms. The quantitative estimate of drug-likeness (QED) is 0.507. The third-order valence-electron chi connectivity index (χ3n) is 2.48. The van der Waals surface area contributed by atoms with Gasteiger partial charge in [0, 0.05) is 13.0 Å². The zero-order valence-corrected chi connectivity index (χ0v) is 7.75. The van der Waals surface area contributed by atoms with Crippen molar-refractivity contribution in [1.82, 2.24) is 0 Å². The van der Waals surface area contributed by atoms with Gasteiger partial charge in [-0.1, -0.05) is 6.92 Å². The van der Waals surface area contributed by atoms with Crippen molar-refractivity contribution >= 4 is 0 Å². The molecule has 0 aromatic carbocycles. The van der Waals surface area contributed by atoms with Crippen LogP contribution in [0.4, 0.5) is 0 Å². The summed E-state index contributed by atoms with van der Waals surface area (Å²) in [5, 5.41) is 27.9. The Balaban J connectivity index is 2.66. The van der Waals surface area contributed by atoms with E-state index in [9.17, 15) is 10.2 Å². The summed E-state index contributed by atoms with van der Waals surface area (Å²) in [5.41, 5.74) is 0. The molecular formula is C8H16O5. The van der Waals surface area contributed by atoms with Crippen LogP contribution in [0.5, 0.6) is 0 Å². The Kier molecular flexibility index (Phi) is 3.63. The Morgan fingerprint density at radius 1 is 1.31 bits per heavy atom. The Bertz CT molecular complexity index is 143. The molecule has 5 heteroatoms. The van der Waals surface area contributed by atoms with Gasteiger partial charge in [0.05, 0.1) is 18.8 Å². The maximum Gasteiger partial charge on any atom is 0.186 e. The van der Waals surface area contributed by atoms with E-state index in [4.69, 9.17) is 14.6 Å². The van der Waals surface area contributed by atoms with E-state index in [0.29, 0.717) is 0 Å². The predicted molar refractivity (Wildman–Crippen MR) is 43.9 cm³/mol. The van der Waals surface area contributed by atoms with Crippen LogP contribution in [0, 0.1) is 5.92 Å². The van der Waals surface area contributed by atoms with Gasteiger partial charge in [-0.25, -0.2) is 0 Å². The number of aliphatic hydroxyl groups is 3. The van der Waals surface area contributed by atoms with E-state index in [1.165, 1.54) is 7.11 Å². The Morgan fingerprint density at radius 2 is 1.92 bits per heavy atom. The molecule has 5 nitrogen and oxygen atoms in total. The molecule has 0 saturated carbocycles. The molecular weight excluding hydrogens is 176 g/mol. The first kappa shape index (κ1) is 10.9. The van der Waals surface area contributed by atoms with Crippen LogP contribution in [0.15, 0.2) is 0 Å². The fourth-order valence-electron chi connectivity index (χ4n) is 1.47.